The number of aliphatic imine (C=N–C) groups is 1. The standard InChI is InChI=1S/C26H37N5O.HI/c1-20-13-15-31(16-14-20)19-24-8-6-5-7-23(24)18-29-26(27-2)28-17-21-9-11-22(12-10-21)25(32)30(3)4;/h5-12,20H,13-19H2,1-4H3,(H2,27,28,29);1H. The largest absolute Gasteiger partial charge is 0.352 e. The van der Waals surface area contributed by atoms with E-state index in [1.54, 1.807) is 26.0 Å². The number of amides is 1. The molecule has 0 radical (unpaired) electrons. The van der Waals surface area contributed by atoms with Crippen LogP contribution in [0.2, 0.25) is 0 Å². The van der Waals surface area contributed by atoms with Gasteiger partial charge in [-0.25, -0.2) is 0 Å². The maximum absolute atomic E-state index is 12.0. The van der Waals surface area contributed by atoms with Crippen molar-refractivity contribution >= 4 is 35.8 Å². The van der Waals surface area contributed by atoms with Gasteiger partial charge in [0, 0.05) is 46.3 Å². The van der Waals surface area contributed by atoms with Crippen molar-refractivity contribution in [2.45, 2.75) is 39.4 Å². The predicted molar refractivity (Wildman–Crippen MR) is 147 cm³/mol. The second-order valence-electron chi connectivity index (χ2n) is 8.90. The lowest BCUT2D eigenvalue weighted by molar-refractivity contribution is 0.0827. The van der Waals surface area contributed by atoms with E-state index < -0.39 is 0 Å². The van der Waals surface area contributed by atoms with E-state index in [2.05, 4.69) is 51.7 Å². The molecule has 180 valence electrons. The third-order valence-corrected chi connectivity index (χ3v) is 6.13. The second-order valence-corrected chi connectivity index (χ2v) is 8.90. The molecule has 0 aromatic heterocycles. The van der Waals surface area contributed by atoms with Gasteiger partial charge in [-0.3, -0.25) is 14.7 Å². The number of hydrogen-bond donors (Lipinski definition) is 2. The average molecular weight is 564 g/mol. The van der Waals surface area contributed by atoms with Crippen LogP contribution in [0.5, 0.6) is 0 Å². The molecule has 0 aliphatic carbocycles. The maximum Gasteiger partial charge on any atom is 0.253 e. The molecule has 2 aromatic rings. The Bertz CT molecular complexity index is 905. The van der Waals surface area contributed by atoms with E-state index in [4.69, 9.17) is 0 Å². The molecule has 33 heavy (non-hydrogen) atoms. The number of nitrogens with one attached hydrogen (secondary N) is 2. The van der Waals surface area contributed by atoms with Crippen molar-refractivity contribution in [2.24, 2.45) is 10.9 Å². The summed E-state index contributed by atoms with van der Waals surface area (Å²) < 4.78 is 0. The molecule has 1 aliphatic heterocycles. The van der Waals surface area contributed by atoms with Crippen LogP contribution in [-0.2, 0) is 19.6 Å². The third-order valence-electron chi connectivity index (χ3n) is 6.13. The first-order valence-corrected chi connectivity index (χ1v) is 11.5. The van der Waals surface area contributed by atoms with Gasteiger partial charge in [-0.05, 0) is 60.7 Å². The molecule has 0 atom stereocenters. The number of benzene rings is 2. The Kier molecular flexibility index (Phi) is 11.1. The summed E-state index contributed by atoms with van der Waals surface area (Å²) in [4.78, 5) is 20.5. The van der Waals surface area contributed by atoms with Crippen molar-refractivity contribution < 1.29 is 4.79 Å². The molecule has 1 amide bonds. The van der Waals surface area contributed by atoms with E-state index >= 15 is 0 Å². The third kappa shape index (κ3) is 8.30. The van der Waals surface area contributed by atoms with Crippen LogP contribution in [0.1, 0.15) is 46.8 Å². The van der Waals surface area contributed by atoms with Crippen LogP contribution in [0, 0.1) is 5.92 Å². The monoisotopic (exact) mass is 563 g/mol. The first-order valence-electron chi connectivity index (χ1n) is 11.5. The molecule has 0 spiro atoms. The average Bonchev–Trinajstić information content (AvgIpc) is 2.81. The van der Waals surface area contributed by atoms with Crippen LogP contribution >= 0.6 is 24.0 Å². The van der Waals surface area contributed by atoms with Crippen LogP contribution in [0.25, 0.3) is 0 Å². The van der Waals surface area contributed by atoms with Gasteiger partial charge in [-0.15, -0.1) is 24.0 Å². The van der Waals surface area contributed by atoms with Gasteiger partial charge in [0.2, 0.25) is 0 Å². The Balaban J connectivity index is 0.00000385. The van der Waals surface area contributed by atoms with E-state index in [9.17, 15) is 4.79 Å². The molecule has 7 heteroatoms. The summed E-state index contributed by atoms with van der Waals surface area (Å²) in [5.41, 5.74) is 4.48. The van der Waals surface area contributed by atoms with Gasteiger partial charge in [0.05, 0.1) is 0 Å². The van der Waals surface area contributed by atoms with E-state index in [1.165, 1.54) is 37.1 Å². The molecule has 6 nitrogen and oxygen atoms in total. The SMILES string of the molecule is CN=C(NCc1ccc(C(=O)N(C)C)cc1)NCc1ccccc1CN1CCC(C)CC1.I. The number of rotatable bonds is 7. The Hall–Kier alpha value is -2.13. The fourth-order valence-electron chi connectivity index (χ4n) is 3.95. The molecular weight excluding hydrogens is 525 g/mol. The van der Waals surface area contributed by atoms with Gasteiger partial charge in [0.1, 0.15) is 0 Å². The van der Waals surface area contributed by atoms with Gasteiger partial charge in [0.25, 0.3) is 5.91 Å². The van der Waals surface area contributed by atoms with Gasteiger partial charge >= 0.3 is 0 Å². The van der Waals surface area contributed by atoms with E-state index in [0.717, 1.165) is 30.5 Å². The lowest BCUT2D eigenvalue weighted by Gasteiger charge is -2.30. The summed E-state index contributed by atoms with van der Waals surface area (Å²) >= 11 is 0. The van der Waals surface area contributed by atoms with Crippen LogP contribution < -0.4 is 10.6 Å². The summed E-state index contributed by atoms with van der Waals surface area (Å²) in [6, 6.07) is 16.4. The summed E-state index contributed by atoms with van der Waals surface area (Å²) in [5.74, 6) is 1.63. The van der Waals surface area contributed by atoms with Crippen molar-refractivity contribution in [3.63, 3.8) is 0 Å². The number of guanidine groups is 1. The molecule has 2 N–H and O–H groups in total. The normalized spacial score (nSPS) is 15.0. The molecule has 2 aromatic carbocycles. The number of halogens is 1. The highest BCUT2D eigenvalue weighted by atomic mass is 127. The van der Waals surface area contributed by atoms with Crippen LogP contribution in [0.4, 0.5) is 0 Å². The van der Waals surface area contributed by atoms with Crippen molar-refractivity contribution in [3.05, 3.63) is 70.8 Å². The van der Waals surface area contributed by atoms with Crippen LogP contribution in [0.3, 0.4) is 0 Å². The number of carbonyl (C=O) groups excluding carboxylic acids is 1. The fraction of sp³-hybridized carbons (Fsp3) is 0.462. The van der Waals surface area contributed by atoms with Gasteiger partial charge in [-0.2, -0.15) is 0 Å². The number of hydrogen-bond acceptors (Lipinski definition) is 3. The van der Waals surface area contributed by atoms with Crippen LogP contribution in [0.15, 0.2) is 53.5 Å². The van der Waals surface area contributed by atoms with Gasteiger partial charge in [-0.1, -0.05) is 43.3 Å². The highest BCUT2D eigenvalue weighted by molar-refractivity contribution is 14.0. The highest BCUT2D eigenvalue weighted by Crippen LogP contribution is 2.19. The lowest BCUT2D eigenvalue weighted by Crippen LogP contribution is -2.37. The number of likely N-dealkylation sites (tertiary alicyclic amines) is 1. The van der Waals surface area contributed by atoms with Crippen molar-refractivity contribution in [2.75, 3.05) is 34.2 Å². The summed E-state index contributed by atoms with van der Waals surface area (Å²) in [5, 5.41) is 6.81. The molecule has 1 saturated heterocycles. The highest BCUT2D eigenvalue weighted by Gasteiger charge is 2.16. The molecule has 0 saturated carbocycles. The van der Waals surface area contributed by atoms with E-state index in [0.29, 0.717) is 12.1 Å². The number of piperidine rings is 1. The van der Waals surface area contributed by atoms with Gasteiger partial charge in [0.15, 0.2) is 5.96 Å². The molecule has 0 bridgehead atoms. The van der Waals surface area contributed by atoms with Crippen molar-refractivity contribution in [3.8, 4) is 0 Å². The zero-order valence-corrected chi connectivity index (χ0v) is 22.6. The Labute approximate surface area is 215 Å². The van der Waals surface area contributed by atoms with E-state index in [-0.39, 0.29) is 29.9 Å². The molecule has 3 rings (SSSR count). The lowest BCUT2D eigenvalue weighted by atomic mass is 9.98. The fourth-order valence-corrected chi connectivity index (χ4v) is 3.95. The first kappa shape index (κ1) is 27.1. The number of carbonyl (C=O) groups is 1. The topological polar surface area (TPSA) is 60.0 Å². The van der Waals surface area contributed by atoms with Crippen molar-refractivity contribution in [1.29, 1.82) is 0 Å². The molecule has 1 heterocycles. The van der Waals surface area contributed by atoms with Crippen LogP contribution in [-0.4, -0.2) is 55.9 Å². The minimum Gasteiger partial charge on any atom is -0.352 e. The van der Waals surface area contributed by atoms with E-state index in [1.807, 2.05) is 24.3 Å². The minimum absolute atomic E-state index is 0. The Morgan fingerprint density at radius 2 is 1.61 bits per heavy atom. The summed E-state index contributed by atoms with van der Waals surface area (Å²) in [6.07, 6.45) is 2.59. The quantitative estimate of drug-likeness (QED) is 0.303. The Morgan fingerprint density at radius 3 is 2.21 bits per heavy atom. The second kappa shape index (κ2) is 13.5. The zero-order chi connectivity index (χ0) is 22.9. The first-order chi connectivity index (χ1) is 15.5. The summed E-state index contributed by atoms with van der Waals surface area (Å²) in [7, 11) is 5.31. The molecule has 1 fully saturated rings. The summed E-state index contributed by atoms with van der Waals surface area (Å²) in [6.45, 7) is 7.11. The molecular formula is C26H38IN5O. The maximum atomic E-state index is 12.0. The smallest absolute Gasteiger partial charge is 0.253 e. The molecule has 0 unspecified atom stereocenters. The van der Waals surface area contributed by atoms with Crippen molar-refractivity contribution in [1.82, 2.24) is 20.4 Å². The van der Waals surface area contributed by atoms with Gasteiger partial charge < -0.3 is 15.5 Å². The minimum atomic E-state index is 0. The number of nitrogens with zero attached hydrogens (tertiary/aromatic N) is 3. The molecule has 1 aliphatic rings. The zero-order valence-electron chi connectivity index (χ0n) is 20.3. The Morgan fingerprint density at radius 1 is 1.00 bits per heavy atom. The predicted octanol–water partition coefficient (Wildman–Crippen LogP) is 4.10.